The fourth-order valence-electron chi connectivity index (χ4n) is 0.750. The van der Waals surface area contributed by atoms with Crippen LogP contribution in [0.5, 0.6) is 0 Å². The predicted molar refractivity (Wildman–Crippen MR) is 45.5 cm³/mol. The minimum absolute atomic E-state index is 1.56. The molecule has 74 valence electrons. The Balaban J connectivity index is 4.30. The van der Waals surface area contributed by atoms with Gasteiger partial charge in [0.2, 0.25) is 0 Å². The van der Waals surface area contributed by atoms with Crippen LogP contribution in [0.25, 0.3) is 0 Å². The van der Waals surface area contributed by atoms with E-state index in [1.54, 1.807) is 21.3 Å². The molecule has 0 aromatic heterocycles. The van der Waals surface area contributed by atoms with Gasteiger partial charge in [0, 0.05) is 0 Å². The van der Waals surface area contributed by atoms with Crippen molar-refractivity contribution in [3.05, 3.63) is 0 Å². The first-order valence-electron chi connectivity index (χ1n) is 3.75. The van der Waals surface area contributed by atoms with E-state index >= 15 is 0 Å². The zero-order chi connectivity index (χ0) is 9.83. The summed E-state index contributed by atoms with van der Waals surface area (Å²) in [5.41, 5.74) is 0. The SMILES string of the molecule is C[O][Ti]([O]C)([O]C)[O][Si](C)(C)C. The molecule has 0 aromatic rings. The van der Waals surface area contributed by atoms with Crippen molar-refractivity contribution in [3.63, 3.8) is 0 Å². The van der Waals surface area contributed by atoms with Crippen LogP contribution < -0.4 is 0 Å². The summed E-state index contributed by atoms with van der Waals surface area (Å²) in [4.78, 5) is 0. The van der Waals surface area contributed by atoms with Crippen molar-refractivity contribution in [3.8, 4) is 0 Å². The molecule has 0 saturated carbocycles. The Labute approximate surface area is 80.5 Å². The van der Waals surface area contributed by atoms with Crippen LogP contribution in [0.15, 0.2) is 0 Å². The molecule has 0 N–H and O–H groups in total. The van der Waals surface area contributed by atoms with E-state index in [1.165, 1.54) is 0 Å². The summed E-state index contributed by atoms with van der Waals surface area (Å²) < 4.78 is 21.2. The van der Waals surface area contributed by atoms with Gasteiger partial charge in [0.15, 0.2) is 0 Å². The molecular weight excluding hydrogens is 212 g/mol. The molecule has 0 unspecified atom stereocenters. The van der Waals surface area contributed by atoms with Gasteiger partial charge in [-0.1, -0.05) is 0 Å². The average Bonchev–Trinajstić information content (AvgIpc) is 1.99. The number of hydrogen-bond acceptors (Lipinski definition) is 4. The molecule has 4 nitrogen and oxygen atoms in total. The summed E-state index contributed by atoms with van der Waals surface area (Å²) in [6.45, 7) is 6.22. The molecule has 0 rings (SSSR count). The van der Waals surface area contributed by atoms with Gasteiger partial charge in [-0.05, 0) is 0 Å². The van der Waals surface area contributed by atoms with Crippen LogP contribution >= 0.6 is 0 Å². The second-order valence-corrected chi connectivity index (χ2v) is 12.2. The van der Waals surface area contributed by atoms with Gasteiger partial charge >= 0.3 is 80.4 Å². The van der Waals surface area contributed by atoms with Crippen LogP contribution in [0.4, 0.5) is 0 Å². The fraction of sp³-hybridized carbons (Fsp3) is 1.00. The first-order chi connectivity index (χ1) is 5.39. The third-order valence-corrected chi connectivity index (χ3v) is 8.43. The van der Waals surface area contributed by atoms with E-state index in [-0.39, 0.29) is 0 Å². The molecule has 6 heteroatoms. The van der Waals surface area contributed by atoms with Crippen molar-refractivity contribution in [2.45, 2.75) is 19.6 Å². The summed E-state index contributed by atoms with van der Waals surface area (Å²) >= 11 is -3.30. The summed E-state index contributed by atoms with van der Waals surface area (Å²) in [5.74, 6) is 0. The van der Waals surface area contributed by atoms with Gasteiger partial charge in [-0.3, -0.25) is 0 Å². The second-order valence-electron chi connectivity index (χ2n) is 3.33. The molecule has 0 aliphatic carbocycles. The van der Waals surface area contributed by atoms with Crippen molar-refractivity contribution in [1.29, 1.82) is 0 Å². The van der Waals surface area contributed by atoms with Crippen LogP contribution in [-0.2, 0) is 31.1 Å². The van der Waals surface area contributed by atoms with Gasteiger partial charge in [0.1, 0.15) is 0 Å². The molecule has 0 atom stereocenters. The van der Waals surface area contributed by atoms with E-state index in [9.17, 15) is 0 Å². The molecule has 0 spiro atoms. The van der Waals surface area contributed by atoms with E-state index in [1.807, 2.05) is 0 Å². The van der Waals surface area contributed by atoms with Gasteiger partial charge in [-0.2, -0.15) is 0 Å². The Bertz CT molecular complexity index is 124. The Morgan fingerprint density at radius 2 is 1.17 bits per heavy atom. The molecule has 0 fully saturated rings. The zero-order valence-corrected chi connectivity index (χ0v) is 11.2. The Kier molecular flexibility index (Phi) is 5.17. The predicted octanol–water partition coefficient (Wildman–Crippen LogP) is 1.59. The maximum atomic E-state index is 5.73. The van der Waals surface area contributed by atoms with Crippen LogP contribution in [0.2, 0.25) is 19.6 Å². The van der Waals surface area contributed by atoms with E-state index in [0.29, 0.717) is 0 Å². The molecule has 0 bridgehead atoms. The second kappa shape index (κ2) is 4.86. The van der Waals surface area contributed by atoms with Crippen molar-refractivity contribution in [2.24, 2.45) is 0 Å². The van der Waals surface area contributed by atoms with E-state index in [0.717, 1.165) is 0 Å². The minimum atomic E-state index is -3.30. The van der Waals surface area contributed by atoms with Crippen LogP contribution in [0.3, 0.4) is 0 Å². The molecule has 0 heterocycles. The van der Waals surface area contributed by atoms with Crippen LogP contribution in [-0.4, -0.2) is 29.6 Å². The van der Waals surface area contributed by atoms with Gasteiger partial charge in [-0.25, -0.2) is 0 Å². The fourth-order valence-corrected chi connectivity index (χ4v) is 7.22. The number of hydrogen-bond donors (Lipinski definition) is 0. The number of rotatable bonds is 5. The monoisotopic (exact) mass is 230 g/mol. The molecule has 0 aromatic carbocycles. The summed E-state index contributed by atoms with van der Waals surface area (Å²) in [6, 6.07) is 0. The van der Waals surface area contributed by atoms with Gasteiger partial charge in [0.05, 0.1) is 0 Å². The topological polar surface area (TPSA) is 36.9 Å². The standard InChI is InChI=1S/C3H9OSi.3CH3O.Ti/c1-5(2,3)4;3*1-2;/h1-3H3;3*1H3;/q4*-1;+4. The van der Waals surface area contributed by atoms with Crippen molar-refractivity contribution in [2.75, 3.05) is 21.3 Å². The molecular formula is C6H18O4SiTi. The molecule has 0 aliphatic rings. The summed E-state index contributed by atoms with van der Waals surface area (Å²) in [5, 5.41) is 0. The van der Waals surface area contributed by atoms with Crippen molar-refractivity contribution < 1.29 is 31.1 Å². The normalized spacial score (nSPS) is 13.5. The summed E-state index contributed by atoms with van der Waals surface area (Å²) in [6.07, 6.45) is 0. The molecule has 0 amide bonds. The molecule has 0 saturated heterocycles. The first-order valence-corrected chi connectivity index (χ1v) is 9.70. The van der Waals surface area contributed by atoms with E-state index in [2.05, 4.69) is 19.6 Å². The quantitative estimate of drug-likeness (QED) is 0.672. The van der Waals surface area contributed by atoms with Crippen LogP contribution in [0, 0.1) is 0 Å². The average molecular weight is 230 g/mol. The molecule has 12 heavy (non-hydrogen) atoms. The van der Waals surface area contributed by atoms with Crippen LogP contribution in [0.1, 0.15) is 0 Å². The van der Waals surface area contributed by atoms with Crippen molar-refractivity contribution in [1.82, 2.24) is 0 Å². The van der Waals surface area contributed by atoms with Gasteiger partial charge in [-0.15, -0.1) is 0 Å². The molecule has 0 aliphatic heterocycles. The van der Waals surface area contributed by atoms with Gasteiger partial charge in [0.25, 0.3) is 0 Å². The third-order valence-electron chi connectivity index (χ3n) is 1.18. The van der Waals surface area contributed by atoms with E-state index in [4.69, 9.17) is 13.0 Å². The van der Waals surface area contributed by atoms with E-state index < -0.39 is 26.5 Å². The first kappa shape index (κ1) is 12.8. The Morgan fingerprint density at radius 3 is 1.25 bits per heavy atom. The summed E-state index contributed by atoms with van der Waals surface area (Å²) in [7, 11) is 3.04. The maximum absolute atomic E-state index is 5.73. The Morgan fingerprint density at radius 1 is 0.833 bits per heavy atom. The third kappa shape index (κ3) is 4.13. The zero-order valence-electron chi connectivity index (χ0n) is 8.63. The van der Waals surface area contributed by atoms with Gasteiger partial charge < -0.3 is 0 Å². The molecule has 0 radical (unpaired) electrons. The van der Waals surface area contributed by atoms with Crippen molar-refractivity contribution >= 4 is 8.32 Å². The Hall–Kier alpha value is 0.771.